The van der Waals surface area contributed by atoms with E-state index in [1.54, 1.807) is 25.3 Å². The minimum absolute atomic E-state index is 0.0201. The lowest BCUT2D eigenvalue weighted by Gasteiger charge is -2.12. The Balaban J connectivity index is 1.68. The predicted molar refractivity (Wildman–Crippen MR) is 130 cm³/mol. The number of hydrogen-bond donors (Lipinski definition) is 4. The second kappa shape index (κ2) is 14.2. The van der Waals surface area contributed by atoms with Gasteiger partial charge in [0, 0.05) is 32.1 Å². The van der Waals surface area contributed by atoms with Crippen LogP contribution in [0.4, 0.5) is 0 Å². The van der Waals surface area contributed by atoms with E-state index in [2.05, 4.69) is 37.4 Å². The molecule has 0 spiro atoms. The molecule has 4 N–H and O–H groups in total. The SMILES string of the molecule is COCCOc1ccc(C(=O)NC(=S)NNC(=O)CCC(=O)NCc2ccccc2)cc1Br. The Kier molecular flexibility index (Phi) is 11.3. The van der Waals surface area contributed by atoms with Crippen molar-refractivity contribution in [3.05, 3.63) is 64.1 Å². The van der Waals surface area contributed by atoms with Crippen LogP contribution in [0.5, 0.6) is 5.75 Å². The second-order valence-electron chi connectivity index (χ2n) is 6.71. The van der Waals surface area contributed by atoms with Gasteiger partial charge >= 0.3 is 0 Å². The largest absolute Gasteiger partial charge is 0.490 e. The highest BCUT2D eigenvalue weighted by molar-refractivity contribution is 9.10. The molecule has 0 saturated carbocycles. The molecule has 176 valence electrons. The Morgan fingerprint density at radius 3 is 2.39 bits per heavy atom. The lowest BCUT2D eigenvalue weighted by Crippen LogP contribution is -2.48. The summed E-state index contributed by atoms with van der Waals surface area (Å²) < 4.78 is 11.0. The summed E-state index contributed by atoms with van der Waals surface area (Å²) in [5, 5.41) is 5.12. The topological polar surface area (TPSA) is 118 Å². The van der Waals surface area contributed by atoms with Crippen LogP contribution >= 0.6 is 28.1 Å². The molecule has 3 amide bonds. The summed E-state index contributed by atoms with van der Waals surface area (Å²) >= 11 is 8.37. The molecular formula is C22H25BrN4O5S. The monoisotopic (exact) mass is 536 g/mol. The number of nitrogens with one attached hydrogen (secondary N) is 4. The van der Waals surface area contributed by atoms with Gasteiger partial charge in [0.05, 0.1) is 11.1 Å². The molecule has 0 unspecified atom stereocenters. The van der Waals surface area contributed by atoms with Crippen LogP contribution in [0, 0.1) is 0 Å². The second-order valence-corrected chi connectivity index (χ2v) is 7.97. The molecule has 0 radical (unpaired) electrons. The van der Waals surface area contributed by atoms with Crippen LogP contribution in [-0.2, 0) is 20.9 Å². The van der Waals surface area contributed by atoms with E-state index < -0.39 is 11.8 Å². The summed E-state index contributed by atoms with van der Waals surface area (Å²) in [4.78, 5) is 36.1. The first-order valence-electron chi connectivity index (χ1n) is 10.0. The number of thiocarbonyl (C=S) groups is 1. The highest BCUT2D eigenvalue weighted by atomic mass is 79.9. The molecule has 33 heavy (non-hydrogen) atoms. The van der Waals surface area contributed by atoms with Crippen LogP contribution in [0.25, 0.3) is 0 Å². The van der Waals surface area contributed by atoms with E-state index in [-0.39, 0.29) is 23.9 Å². The molecular weight excluding hydrogens is 512 g/mol. The highest BCUT2D eigenvalue weighted by Crippen LogP contribution is 2.26. The van der Waals surface area contributed by atoms with Crippen LogP contribution in [0.2, 0.25) is 0 Å². The minimum atomic E-state index is -0.466. The van der Waals surface area contributed by atoms with Gasteiger partial charge in [-0.15, -0.1) is 0 Å². The van der Waals surface area contributed by atoms with Crippen molar-refractivity contribution in [1.82, 2.24) is 21.5 Å². The third-order valence-corrected chi connectivity index (χ3v) is 5.02. The Morgan fingerprint density at radius 1 is 0.970 bits per heavy atom. The van der Waals surface area contributed by atoms with Gasteiger partial charge in [0.25, 0.3) is 5.91 Å². The summed E-state index contributed by atoms with van der Waals surface area (Å²) in [6.07, 6.45) is -0.0199. The van der Waals surface area contributed by atoms with E-state index in [9.17, 15) is 14.4 Å². The van der Waals surface area contributed by atoms with Crippen molar-refractivity contribution in [3.8, 4) is 5.75 Å². The Bertz CT molecular complexity index is 975. The third kappa shape index (κ3) is 9.98. The zero-order valence-electron chi connectivity index (χ0n) is 18.0. The molecule has 0 aliphatic rings. The minimum Gasteiger partial charge on any atom is -0.490 e. The first kappa shape index (κ1) is 26.2. The maximum atomic E-state index is 12.3. The van der Waals surface area contributed by atoms with Crippen molar-refractivity contribution >= 4 is 51.0 Å². The van der Waals surface area contributed by atoms with Crippen molar-refractivity contribution in [1.29, 1.82) is 0 Å². The molecule has 0 fully saturated rings. The number of hydrogen-bond acceptors (Lipinski definition) is 6. The number of carbonyl (C=O) groups excluding carboxylic acids is 3. The maximum absolute atomic E-state index is 12.3. The van der Waals surface area contributed by atoms with Crippen molar-refractivity contribution in [3.63, 3.8) is 0 Å². The standard InChI is InChI=1S/C22H25BrN4O5S/c1-31-11-12-32-18-8-7-16(13-17(18)23)21(30)25-22(33)27-26-20(29)10-9-19(28)24-14-15-5-3-2-4-6-15/h2-8,13H,9-12,14H2,1H3,(H,24,28)(H,26,29)(H2,25,27,30,33). The highest BCUT2D eigenvalue weighted by Gasteiger charge is 2.12. The van der Waals surface area contributed by atoms with E-state index in [1.807, 2.05) is 30.3 Å². The Morgan fingerprint density at radius 2 is 1.70 bits per heavy atom. The van der Waals surface area contributed by atoms with Gasteiger partial charge in [0.2, 0.25) is 11.8 Å². The van der Waals surface area contributed by atoms with Gasteiger partial charge in [0.15, 0.2) is 5.11 Å². The summed E-state index contributed by atoms with van der Waals surface area (Å²) in [7, 11) is 1.58. The number of ether oxygens (including phenoxy) is 2. The molecule has 0 atom stereocenters. The number of rotatable bonds is 10. The van der Waals surface area contributed by atoms with E-state index in [0.29, 0.717) is 35.5 Å². The molecule has 0 saturated heterocycles. The molecule has 0 aromatic heterocycles. The third-order valence-electron chi connectivity index (χ3n) is 4.19. The quantitative estimate of drug-likeness (QED) is 0.209. The van der Waals surface area contributed by atoms with Crippen LogP contribution < -0.4 is 26.2 Å². The van der Waals surface area contributed by atoms with Crippen molar-refractivity contribution in [2.45, 2.75) is 19.4 Å². The van der Waals surface area contributed by atoms with Crippen LogP contribution in [0.15, 0.2) is 53.0 Å². The zero-order chi connectivity index (χ0) is 24.1. The van der Waals surface area contributed by atoms with Crippen LogP contribution in [-0.4, -0.2) is 43.2 Å². The molecule has 0 heterocycles. The molecule has 11 heteroatoms. The Labute approximate surface area is 205 Å². The number of halogens is 1. The van der Waals surface area contributed by atoms with Crippen molar-refractivity contribution in [2.75, 3.05) is 20.3 Å². The smallest absolute Gasteiger partial charge is 0.257 e. The average molecular weight is 537 g/mol. The molecule has 2 aromatic rings. The van der Waals surface area contributed by atoms with Crippen molar-refractivity contribution < 1.29 is 23.9 Å². The summed E-state index contributed by atoms with van der Waals surface area (Å²) in [5.74, 6) is -0.581. The van der Waals surface area contributed by atoms with E-state index in [0.717, 1.165) is 5.56 Å². The molecule has 0 bridgehead atoms. The zero-order valence-corrected chi connectivity index (χ0v) is 20.4. The average Bonchev–Trinajstić information content (AvgIpc) is 2.81. The van der Waals surface area contributed by atoms with Gasteiger partial charge in [-0.25, -0.2) is 0 Å². The number of carbonyl (C=O) groups is 3. The lowest BCUT2D eigenvalue weighted by atomic mass is 10.2. The fourth-order valence-corrected chi connectivity index (χ4v) is 3.14. The van der Waals surface area contributed by atoms with Gasteiger partial charge < -0.3 is 14.8 Å². The van der Waals surface area contributed by atoms with E-state index in [4.69, 9.17) is 21.7 Å². The molecule has 2 rings (SSSR count). The predicted octanol–water partition coefficient (Wildman–Crippen LogP) is 2.21. The normalized spacial score (nSPS) is 10.1. The molecule has 2 aromatic carbocycles. The van der Waals surface area contributed by atoms with E-state index in [1.165, 1.54) is 0 Å². The summed E-state index contributed by atoms with van der Waals surface area (Å²) in [6, 6.07) is 14.3. The molecule has 0 aliphatic heterocycles. The van der Waals surface area contributed by atoms with Gasteiger partial charge in [-0.1, -0.05) is 30.3 Å². The van der Waals surface area contributed by atoms with E-state index >= 15 is 0 Å². The summed E-state index contributed by atoms with van der Waals surface area (Å²) in [6.45, 7) is 1.22. The first-order chi connectivity index (χ1) is 15.9. The van der Waals surface area contributed by atoms with Gasteiger partial charge in [0.1, 0.15) is 12.4 Å². The fourth-order valence-electron chi connectivity index (χ4n) is 2.50. The number of hydrazine groups is 1. The van der Waals surface area contributed by atoms with Crippen LogP contribution in [0.1, 0.15) is 28.8 Å². The van der Waals surface area contributed by atoms with Crippen LogP contribution in [0.3, 0.4) is 0 Å². The summed E-state index contributed by atoms with van der Waals surface area (Å²) in [5.41, 5.74) is 6.10. The van der Waals surface area contributed by atoms with Gasteiger partial charge in [-0.2, -0.15) is 0 Å². The molecule has 0 aliphatic carbocycles. The number of amides is 3. The maximum Gasteiger partial charge on any atom is 0.257 e. The Hall–Kier alpha value is -3.02. The van der Waals surface area contributed by atoms with Crippen molar-refractivity contribution in [2.24, 2.45) is 0 Å². The van der Waals surface area contributed by atoms with Gasteiger partial charge in [-0.05, 0) is 51.9 Å². The number of benzene rings is 2. The lowest BCUT2D eigenvalue weighted by molar-refractivity contribution is -0.126. The molecule has 9 nitrogen and oxygen atoms in total. The fraction of sp³-hybridized carbons (Fsp3) is 0.273. The van der Waals surface area contributed by atoms with Gasteiger partial charge in [-0.3, -0.25) is 30.6 Å². The first-order valence-corrected chi connectivity index (χ1v) is 11.2. The number of methoxy groups -OCH3 is 1.